The van der Waals surface area contributed by atoms with Crippen molar-refractivity contribution >= 4 is 47.6 Å². The highest BCUT2D eigenvalue weighted by Crippen LogP contribution is 2.38. The molecule has 4 aromatic rings. The molecule has 0 bridgehead atoms. The average Bonchev–Trinajstić information content (AvgIpc) is 2.73. The minimum atomic E-state index is -2.64. The second-order valence-corrected chi connectivity index (χ2v) is 12.7. The first kappa shape index (κ1) is 21.9. The molecular formula is C26H28ClNOSi. The van der Waals surface area contributed by atoms with E-state index in [9.17, 15) is 0 Å². The Morgan fingerprint density at radius 2 is 1.27 bits per heavy atom. The highest BCUT2D eigenvalue weighted by atomic mass is 35.5. The van der Waals surface area contributed by atoms with Crippen LogP contribution in [0.1, 0.15) is 20.8 Å². The van der Waals surface area contributed by atoms with E-state index in [1.165, 1.54) is 10.4 Å². The second-order valence-electron chi connectivity index (χ2n) is 8.50. The molecule has 0 saturated heterocycles. The fourth-order valence-corrected chi connectivity index (χ4v) is 8.58. The van der Waals surface area contributed by atoms with Gasteiger partial charge in [-0.05, 0) is 39.0 Å². The number of fused-ring (bicyclic) bond motifs is 1. The molecule has 4 heteroatoms. The maximum Gasteiger partial charge on any atom is 0.319 e. The van der Waals surface area contributed by atoms with Crippen LogP contribution >= 0.6 is 12.4 Å². The van der Waals surface area contributed by atoms with Crippen molar-refractivity contribution < 1.29 is 4.43 Å². The van der Waals surface area contributed by atoms with Crippen molar-refractivity contribution in [3.63, 3.8) is 0 Å². The van der Waals surface area contributed by atoms with E-state index in [0.717, 1.165) is 22.2 Å². The van der Waals surface area contributed by atoms with Crippen LogP contribution in [0.15, 0.2) is 97.1 Å². The topological polar surface area (TPSA) is 35.2 Å². The molecule has 0 radical (unpaired) electrons. The Labute approximate surface area is 186 Å². The third kappa shape index (κ3) is 3.83. The summed E-state index contributed by atoms with van der Waals surface area (Å²) in [7, 11) is -2.64. The zero-order chi connectivity index (χ0) is 20.5. The number of nitrogens with two attached hydrogens (primary N) is 1. The summed E-state index contributed by atoms with van der Waals surface area (Å²) in [6.07, 6.45) is 0. The Hall–Kier alpha value is -2.75. The summed E-state index contributed by atoms with van der Waals surface area (Å²) >= 11 is 0. The fraction of sp³-hybridized carbons (Fsp3) is 0.154. The highest BCUT2D eigenvalue weighted by molar-refractivity contribution is 7.00. The van der Waals surface area contributed by atoms with Gasteiger partial charge in [0.2, 0.25) is 0 Å². The van der Waals surface area contributed by atoms with E-state index in [4.69, 9.17) is 10.2 Å². The summed E-state index contributed by atoms with van der Waals surface area (Å²) in [5.74, 6) is 0.865. The molecule has 0 saturated carbocycles. The molecule has 0 fully saturated rings. The van der Waals surface area contributed by atoms with Gasteiger partial charge in [0, 0.05) is 11.1 Å². The molecule has 0 aliphatic carbocycles. The number of rotatable bonds is 4. The van der Waals surface area contributed by atoms with Crippen LogP contribution in [0.5, 0.6) is 5.75 Å². The Morgan fingerprint density at radius 3 is 1.80 bits per heavy atom. The summed E-state index contributed by atoms with van der Waals surface area (Å²) in [4.78, 5) is 0. The van der Waals surface area contributed by atoms with Crippen LogP contribution in [0.3, 0.4) is 0 Å². The van der Waals surface area contributed by atoms with Gasteiger partial charge in [0.25, 0.3) is 0 Å². The second kappa shape index (κ2) is 8.55. The Morgan fingerprint density at radius 1 is 0.700 bits per heavy atom. The van der Waals surface area contributed by atoms with E-state index in [0.29, 0.717) is 0 Å². The van der Waals surface area contributed by atoms with Crippen LogP contribution in [0, 0.1) is 0 Å². The van der Waals surface area contributed by atoms with Gasteiger partial charge in [0.15, 0.2) is 0 Å². The van der Waals surface area contributed by atoms with E-state index in [1.54, 1.807) is 0 Å². The first-order valence-corrected chi connectivity index (χ1v) is 11.9. The van der Waals surface area contributed by atoms with Gasteiger partial charge < -0.3 is 10.2 Å². The summed E-state index contributed by atoms with van der Waals surface area (Å²) in [6.45, 7) is 6.86. The van der Waals surface area contributed by atoms with Gasteiger partial charge in [-0.2, -0.15) is 0 Å². The minimum absolute atomic E-state index is 0. The Bertz CT molecular complexity index is 1080. The largest absolute Gasteiger partial charge is 0.534 e. The lowest BCUT2D eigenvalue weighted by molar-refractivity contribution is 0.509. The molecular weight excluding hydrogens is 406 g/mol. The molecule has 0 heterocycles. The fourth-order valence-electron chi connectivity index (χ4n) is 4.17. The van der Waals surface area contributed by atoms with Gasteiger partial charge >= 0.3 is 8.32 Å². The van der Waals surface area contributed by atoms with Crippen molar-refractivity contribution in [2.45, 2.75) is 25.8 Å². The summed E-state index contributed by atoms with van der Waals surface area (Å²) in [6, 6.07) is 33.6. The molecule has 30 heavy (non-hydrogen) atoms. The number of hydrogen-bond acceptors (Lipinski definition) is 2. The number of hydrogen-bond donors (Lipinski definition) is 1. The maximum absolute atomic E-state index is 7.09. The smallest absolute Gasteiger partial charge is 0.319 e. The van der Waals surface area contributed by atoms with E-state index < -0.39 is 8.32 Å². The molecule has 0 aliphatic rings. The van der Waals surface area contributed by atoms with Crippen molar-refractivity contribution in [1.29, 1.82) is 0 Å². The van der Waals surface area contributed by atoms with Gasteiger partial charge in [-0.25, -0.2) is 0 Å². The van der Waals surface area contributed by atoms with Gasteiger partial charge in [-0.3, -0.25) is 0 Å². The van der Waals surface area contributed by atoms with Crippen LogP contribution in [-0.2, 0) is 0 Å². The number of anilines is 1. The summed E-state index contributed by atoms with van der Waals surface area (Å²) < 4.78 is 7.09. The molecule has 4 rings (SSSR count). The summed E-state index contributed by atoms with van der Waals surface area (Å²) in [5.41, 5.74) is 7.03. The first-order valence-electron chi connectivity index (χ1n) is 10.0. The molecule has 154 valence electrons. The summed E-state index contributed by atoms with van der Waals surface area (Å²) in [5, 5.41) is 4.61. The lowest BCUT2D eigenvalue weighted by atomic mass is 10.1. The molecule has 2 N–H and O–H groups in total. The maximum atomic E-state index is 7.09. The van der Waals surface area contributed by atoms with Crippen LogP contribution in [0.2, 0.25) is 5.04 Å². The van der Waals surface area contributed by atoms with Crippen LogP contribution in [0.4, 0.5) is 5.69 Å². The third-order valence-corrected chi connectivity index (χ3v) is 10.5. The monoisotopic (exact) mass is 433 g/mol. The molecule has 4 aromatic carbocycles. The number of halogens is 1. The van der Waals surface area contributed by atoms with Crippen molar-refractivity contribution in [1.82, 2.24) is 0 Å². The van der Waals surface area contributed by atoms with E-state index in [2.05, 4.69) is 106 Å². The van der Waals surface area contributed by atoms with E-state index >= 15 is 0 Å². The molecule has 0 amide bonds. The third-order valence-electron chi connectivity index (χ3n) is 5.58. The Balaban J connectivity index is 0.00000256. The first-order chi connectivity index (χ1) is 13.9. The molecule has 0 aromatic heterocycles. The quantitative estimate of drug-likeness (QED) is 0.327. The lowest BCUT2D eigenvalue weighted by Crippen LogP contribution is -2.68. The number of nitrogen functional groups attached to an aromatic ring is 1. The van der Waals surface area contributed by atoms with E-state index in [-0.39, 0.29) is 17.4 Å². The van der Waals surface area contributed by atoms with Gasteiger partial charge in [0.05, 0.1) is 0 Å². The van der Waals surface area contributed by atoms with Crippen molar-refractivity contribution in [3.05, 3.63) is 97.1 Å². The Kier molecular flexibility index (Phi) is 6.25. The van der Waals surface area contributed by atoms with Crippen molar-refractivity contribution in [3.8, 4) is 5.75 Å². The highest BCUT2D eigenvalue weighted by Gasteiger charge is 2.52. The van der Waals surface area contributed by atoms with Crippen LogP contribution in [-0.4, -0.2) is 8.32 Å². The molecule has 0 atom stereocenters. The standard InChI is InChI=1S/C26H27NOSi.ClH/c1-26(2,3)29(22-12-6-4-7-13-22,23-14-8-5-9-15-23)28-21-18-17-20-11-10-16-25(27)24(20)19-21;/h4-19H,27H2,1-3H3;1H. The molecule has 2 nitrogen and oxygen atoms in total. The van der Waals surface area contributed by atoms with Gasteiger partial charge in [-0.1, -0.05) is 99.6 Å². The molecule has 0 spiro atoms. The normalized spacial score (nSPS) is 11.7. The zero-order valence-electron chi connectivity index (χ0n) is 17.6. The van der Waals surface area contributed by atoms with Crippen molar-refractivity contribution in [2.75, 3.05) is 5.73 Å². The van der Waals surface area contributed by atoms with Gasteiger partial charge in [-0.15, -0.1) is 12.4 Å². The average molecular weight is 434 g/mol. The minimum Gasteiger partial charge on any atom is -0.534 e. The molecule has 0 aliphatic heterocycles. The SMILES string of the molecule is CC(C)(C)[Si](Oc1ccc2cccc(N)c2c1)(c1ccccc1)c1ccccc1.Cl. The van der Waals surface area contributed by atoms with Crippen LogP contribution < -0.4 is 20.5 Å². The lowest BCUT2D eigenvalue weighted by Gasteiger charge is -2.43. The number of benzene rings is 4. The zero-order valence-corrected chi connectivity index (χ0v) is 19.4. The van der Waals surface area contributed by atoms with Gasteiger partial charge in [0.1, 0.15) is 5.75 Å². The van der Waals surface area contributed by atoms with E-state index in [1.807, 2.05) is 12.1 Å². The molecule has 0 unspecified atom stereocenters. The van der Waals surface area contributed by atoms with Crippen LogP contribution in [0.25, 0.3) is 10.8 Å². The predicted octanol–water partition coefficient (Wildman–Crippen LogP) is 5.78. The van der Waals surface area contributed by atoms with Crippen molar-refractivity contribution in [2.24, 2.45) is 0 Å². The predicted molar refractivity (Wildman–Crippen MR) is 134 cm³/mol.